The molecule has 1 atom stereocenters. The van der Waals surface area contributed by atoms with Gasteiger partial charge in [-0.25, -0.2) is 0 Å². The van der Waals surface area contributed by atoms with Crippen LogP contribution in [0, 0.1) is 13.8 Å². The fourth-order valence-electron chi connectivity index (χ4n) is 3.10. The molecule has 2 aromatic rings. The van der Waals surface area contributed by atoms with Crippen LogP contribution in [-0.2, 0) is 9.59 Å². The van der Waals surface area contributed by atoms with Gasteiger partial charge in [0.15, 0.2) is 18.1 Å². The number of hydrogen-bond donors (Lipinski definition) is 1. The van der Waals surface area contributed by atoms with Gasteiger partial charge in [0.25, 0.3) is 5.91 Å². The Morgan fingerprint density at radius 1 is 1.15 bits per heavy atom. The quantitative estimate of drug-likeness (QED) is 0.851. The van der Waals surface area contributed by atoms with Crippen molar-refractivity contribution in [2.75, 3.05) is 25.2 Å². The van der Waals surface area contributed by atoms with E-state index in [9.17, 15) is 9.59 Å². The molecule has 1 fully saturated rings. The molecule has 0 saturated carbocycles. The number of hydrogen-bond acceptors (Lipinski definition) is 4. The molecule has 1 N–H and O–H groups in total. The van der Waals surface area contributed by atoms with E-state index in [4.69, 9.17) is 9.47 Å². The van der Waals surface area contributed by atoms with Crippen LogP contribution in [0.25, 0.3) is 0 Å². The number of para-hydroxylation sites is 2. The Labute approximate surface area is 159 Å². The predicted octanol–water partition coefficient (Wildman–Crippen LogP) is 2.61. The van der Waals surface area contributed by atoms with Crippen molar-refractivity contribution >= 4 is 17.5 Å². The van der Waals surface area contributed by atoms with Crippen molar-refractivity contribution in [2.45, 2.75) is 26.3 Å². The van der Waals surface area contributed by atoms with Crippen molar-refractivity contribution < 1.29 is 19.1 Å². The van der Waals surface area contributed by atoms with Gasteiger partial charge >= 0.3 is 0 Å². The van der Waals surface area contributed by atoms with Crippen LogP contribution in [0.5, 0.6) is 11.5 Å². The standard InChI is InChI=1S/C21H24N2O4/c1-14-8-9-17(10-15(14)2)23-12-16(11-21(23)25)22-20(24)13-27-19-7-5-4-6-18(19)26-3/h4-10,16H,11-13H2,1-3H3,(H,22,24)/t16-/m1/s1. The molecule has 0 aromatic heterocycles. The average Bonchev–Trinajstić information content (AvgIpc) is 3.02. The maximum atomic E-state index is 12.4. The molecular formula is C21H24N2O4. The summed E-state index contributed by atoms with van der Waals surface area (Å²) in [5.74, 6) is 0.825. The zero-order chi connectivity index (χ0) is 19.4. The number of carbonyl (C=O) groups excluding carboxylic acids is 2. The number of methoxy groups -OCH3 is 1. The van der Waals surface area contributed by atoms with Gasteiger partial charge in [-0.1, -0.05) is 18.2 Å². The number of nitrogens with one attached hydrogen (secondary N) is 1. The van der Waals surface area contributed by atoms with Crippen molar-refractivity contribution in [1.82, 2.24) is 5.32 Å². The SMILES string of the molecule is COc1ccccc1OCC(=O)N[C@@H]1CC(=O)N(c2ccc(C)c(C)c2)C1. The van der Waals surface area contributed by atoms with Gasteiger partial charge in [0, 0.05) is 18.7 Å². The molecule has 2 amide bonds. The van der Waals surface area contributed by atoms with Crippen molar-refractivity contribution in [3.05, 3.63) is 53.6 Å². The van der Waals surface area contributed by atoms with Crippen molar-refractivity contribution in [2.24, 2.45) is 0 Å². The van der Waals surface area contributed by atoms with Crippen LogP contribution in [0.4, 0.5) is 5.69 Å². The maximum absolute atomic E-state index is 12.4. The number of ether oxygens (including phenoxy) is 2. The van der Waals surface area contributed by atoms with E-state index in [-0.39, 0.29) is 30.9 Å². The molecule has 0 spiro atoms. The van der Waals surface area contributed by atoms with E-state index in [1.165, 1.54) is 5.56 Å². The second kappa shape index (κ2) is 8.12. The van der Waals surface area contributed by atoms with Crippen LogP contribution in [0.15, 0.2) is 42.5 Å². The normalized spacial score (nSPS) is 16.3. The Kier molecular flexibility index (Phi) is 5.64. The lowest BCUT2D eigenvalue weighted by atomic mass is 10.1. The van der Waals surface area contributed by atoms with Gasteiger partial charge in [-0.15, -0.1) is 0 Å². The Bertz CT molecular complexity index is 850. The minimum absolute atomic E-state index is 0.00852. The third kappa shape index (κ3) is 4.39. The number of carbonyl (C=O) groups is 2. The van der Waals surface area contributed by atoms with Crippen LogP contribution in [0.2, 0.25) is 0 Å². The highest BCUT2D eigenvalue weighted by atomic mass is 16.5. The molecule has 1 heterocycles. The molecule has 6 heteroatoms. The summed E-state index contributed by atoms with van der Waals surface area (Å²) in [6.45, 7) is 4.39. The summed E-state index contributed by atoms with van der Waals surface area (Å²) in [5.41, 5.74) is 3.19. The minimum Gasteiger partial charge on any atom is -0.493 e. The molecule has 2 aromatic carbocycles. The van der Waals surface area contributed by atoms with E-state index < -0.39 is 0 Å². The second-order valence-corrected chi connectivity index (χ2v) is 6.68. The van der Waals surface area contributed by atoms with E-state index in [0.717, 1.165) is 11.3 Å². The first-order valence-electron chi connectivity index (χ1n) is 8.90. The van der Waals surface area contributed by atoms with Crippen LogP contribution in [0.3, 0.4) is 0 Å². The number of anilines is 1. The fraction of sp³-hybridized carbons (Fsp3) is 0.333. The third-order valence-corrected chi connectivity index (χ3v) is 4.72. The minimum atomic E-state index is -0.263. The monoisotopic (exact) mass is 368 g/mol. The number of nitrogens with zero attached hydrogens (tertiary/aromatic N) is 1. The molecular weight excluding hydrogens is 344 g/mol. The lowest BCUT2D eigenvalue weighted by Crippen LogP contribution is -2.39. The highest BCUT2D eigenvalue weighted by Gasteiger charge is 2.31. The summed E-state index contributed by atoms with van der Waals surface area (Å²) < 4.78 is 10.7. The van der Waals surface area contributed by atoms with Crippen molar-refractivity contribution in [3.8, 4) is 11.5 Å². The molecule has 1 saturated heterocycles. The Morgan fingerprint density at radius 2 is 1.89 bits per heavy atom. The first kappa shape index (κ1) is 18.8. The highest BCUT2D eigenvalue weighted by Crippen LogP contribution is 2.26. The third-order valence-electron chi connectivity index (χ3n) is 4.72. The number of aryl methyl sites for hydroxylation is 2. The molecule has 0 radical (unpaired) electrons. The Balaban J connectivity index is 1.56. The van der Waals surface area contributed by atoms with Crippen LogP contribution >= 0.6 is 0 Å². The first-order chi connectivity index (χ1) is 13.0. The molecule has 0 aliphatic carbocycles. The van der Waals surface area contributed by atoms with E-state index in [0.29, 0.717) is 18.0 Å². The van der Waals surface area contributed by atoms with Gasteiger partial charge in [-0.05, 0) is 49.2 Å². The van der Waals surface area contributed by atoms with E-state index in [1.807, 2.05) is 44.2 Å². The lowest BCUT2D eigenvalue weighted by molar-refractivity contribution is -0.123. The first-order valence-corrected chi connectivity index (χ1v) is 8.90. The van der Waals surface area contributed by atoms with Gasteiger partial charge in [-0.2, -0.15) is 0 Å². The molecule has 0 unspecified atom stereocenters. The molecule has 27 heavy (non-hydrogen) atoms. The molecule has 142 valence electrons. The van der Waals surface area contributed by atoms with Crippen molar-refractivity contribution in [3.63, 3.8) is 0 Å². The molecule has 0 bridgehead atoms. The summed E-state index contributed by atoms with van der Waals surface area (Å²) in [4.78, 5) is 26.3. The van der Waals surface area contributed by atoms with Gasteiger partial charge in [-0.3, -0.25) is 9.59 Å². The summed E-state index contributed by atoms with van der Waals surface area (Å²) in [5, 5.41) is 2.88. The summed E-state index contributed by atoms with van der Waals surface area (Å²) >= 11 is 0. The number of amides is 2. The summed E-state index contributed by atoms with van der Waals surface area (Å²) in [6, 6.07) is 12.9. The maximum Gasteiger partial charge on any atom is 0.258 e. The molecule has 3 rings (SSSR count). The van der Waals surface area contributed by atoms with E-state index >= 15 is 0 Å². The average molecular weight is 368 g/mol. The van der Waals surface area contributed by atoms with E-state index in [1.54, 1.807) is 24.1 Å². The molecule has 6 nitrogen and oxygen atoms in total. The lowest BCUT2D eigenvalue weighted by Gasteiger charge is -2.18. The topological polar surface area (TPSA) is 67.9 Å². The van der Waals surface area contributed by atoms with Crippen LogP contribution in [-0.4, -0.2) is 38.1 Å². The van der Waals surface area contributed by atoms with Gasteiger partial charge < -0.3 is 19.7 Å². The number of rotatable bonds is 6. The highest BCUT2D eigenvalue weighted by molar-refractivity contribution is 5.97. The van der Waals surface area contributed by atoms with Crippen LogP contribution in [0.1, 0.15) is 17.5 Å². The zero-order valence-corrected chi connectivity index (χ0v) is 15.8. The van der Waals surface area contributed by atoms with Gasteiger partial charge in [0.2, 0.25) is 5.91 Å². The van der Waals surface area contributed by atoms with E-state index in [2.05, 4.69) is 5.32 Å². The second-order valence-electron chi connectivity index (χ2n) is 6.68. The zero-order valence-electron chi connectivity index (χ0n) is 15.8. The Hall–Kier alpha value is -3.02. The van der Waals surface area contributed by atoms with Crippen molar-refractivity contribution in [1.29, 1.82) is 0 Å². The Morgan fingerprint density at radius 3 is 2.59 bits per heavy atom. The summed E-state index contributed by atoms with van der Waals surface area (Å²) in [6.07, 6.45) is 0.285. The molecule has 1 aliphatic rings. The number of benzene rings is 2. The van der Waals surface area contributed by atoms with Gasteiger partial charge in [0.05, 0.1) is 13.2 Å². The largest absolute Gasteiger partial charge is 0.493 e. The van der Waals surface area contributed by atoms with Crippen LogP contribution < -0.4 is 19.7 Å². The predicted molar refractivity (Wildman–Crippen MR) is 103 cm³/mol. The summed E-state index contributed by atoms with van der Waals surface area (Å²) in [7, 11) is 1.55. The molecule has 1 aliphatic heterocycles. The smallest absolute Gasteiger partial charge is 0.258 e. The van der Waals surface area contributed by atoms with Gasteiger partial charge in [0.1, 0.15) is 0 Å². The fourth-order valence-corrected chi connectivity index (χ4v) is 3.10.